The van der Waals surface area contributed by atoms with Gasteiger partial charge in [-0.05, 0) is 36.5 Å². The Balaban J connectivity index is 1.81. The lowest BCUT2D eigenvalue weighted by atomic mass is 9.98. The number of hydrogen-bond acceptors (Lipinski definition) is 3. The SMILES string of the molecule is CS(=O)(=O)N1CCC(CNC(N)=NCc2cccc(C(F)(F)F)c2)CC1. The summed E-state index contributed by atoms with van der Waals surface area (Å²) in [6, 6.07) is 4.97. The van der Waals surface area contributed by atoms with Crippen LogP contribution >= 0.6 is 0 Å². The molecule has 0 atom stereocenters. The van der Waals surface area contributed by atoms with Crippen LogP contribution in [0.5, 0.6) is 0 Å². The van der Waals surface area contributed by atoms with Crippen LogP contribution in [-0.4, -0.2) is 44.6 Å². The van der Waals surface area contributed by atoms with Crippen LogP contribution in [0.1, 0.15) is 24.0 Å². The monoisotopic (exact) mass is 392 g/mol. The highest BCUT2D eigenvalue weighted by Crippen LogP contribution is 2.29. The molecule has 1 fully saturated rings. The number of piperidine rings is 1. The number of rotatable bonds is 5. The molecule has 1 aromatic rings. The summed E-state index contributed by atoms with van der Waals surface area (Å²) in [6.45, 7) is 1.56. The van der Waals surface area contributed by atoms with Gasteiger partial charge in [0.1, 0.15) is 0 Å². The fraction of sp³-hybridized carbons (Fsp3) is 0.562. The van der Waals surface area contributed by atoms with Gasteiger partial charge in [0, 0.05) is 19.6 Å². The highest BCUT2D eigenvalue weighted by atomic mass is 32.2. The van der Waals surface area contributed by atoms with Crippen molar-refractivity contribution in [3.8, 4) is 0 Å². The quantitative estimate of drug-likeness (QED) is 0.591. The summed E-state index contributed by atoms with van der Waals surface area (Å²) in [7, 11) is -3.15. The molecule has 0 saturated carbocycles. The number of sulfonamides is 1. The molecular formula is C16H23F3N4O2S. The van der Waals surface area contributed by atoms with Gasteiger partial charge in [0.05, 0.1) is 18.4 Å². The Morgan fingerprint density at radius 3 is 2.58 bits per heavy atom. The van der Waals surface area contributed by atoms with E-state index in [1.54, 1.807) is 6.07 Å². The molecule has 0 unspecified atom stereocenters. The molecule has 0 aliphatic carbocycles. The third-order valence-corrected chi connectivity index (χ3v) is 5.60. The van der Waals surface area contributed by atoms with Crippen LogP contribution in [0, 0.1) is 5.92 Å². The first kappa shape index (κ1) is 20.5. The van der Waals surface area contributed by atoms with Gasteiger partial charge in [-0.15, -0.1) is 0 Å². The van der Waals surface area contributed by atoms with Gasteiger partial charge in [-0.25, -0.2) is 17.7 Å². The first-order chi connectivity index (χ1) is 12.1. The minimum Gasteiger partial charge on any atom is -0.370 e. The summed E-state index contributed by atoms with van der Waals surface area (Å²) in [6.07, 6.45) is -1.74. The molecule has 6 nitrogen and oxygen atoms in total. The molecule has 0 spiro atoms. The van der Waals surface area contributed by atoms with E-state index in [1.165, 1.54) is 16.6 Å². The number of hydrogen-bond donors (Lipinski definition) is 2. The van der Waals surface area contributed by atoms with Gasteiger partial charge in [0.25, 0.3) is 0 Å². The molecule has 26 heavy (non-hydrogen) atoms. The maximum Gasteiger partial charge on any atom is 0.416 e. The minimum absolute atomic E-state index is 0.0509. The zero-order chi connectivity index (χ0) is 19.4. The fourth-order valence-electron chi connectivity index (χ4n) is 2.77. The average molecular weight is 392 g/mol. The smallest absolute Gasteiger partial charge is 0.370 e. The van der Waals surface area contributed by atoms with Gasteiger partial charge in [-0.1, -0.05) is 12.1 Å². The molecule has 146 valence electrons. The first-order valence-electron chi connectivity index (χ1n) is 8.21. The van der Waals surface area contributed by atoms with Gasteiger partial charge in [-0.2, -0.15) is 13.2 Å². The molecule has 1 aliphatic heterocycles. The molecule has 0 amide bonds. The average Bonchev–Trinajstić information content (AvgIpc) is 2.57. The lowest BCUT2D eigenvalue weighted by Crippen LogP contribution is -2.42. The van der Waals surface area contributed by atoms with Crippen molar-refractivity contribution in [2.45, 2.75) is 25.6 Å². The van der Waals surface area contributed by atoms with Crippen LogP contribution in [0.3, 0.4) is 0 Å². The van der Waals surface area contributed by atoms with E-state index in [0.717, 1.165) is 25.0 Å². The zero-order valence-electron chi connectivity index (χ0n) is 14.5. The van der Waals surface area contributed by atoms with Crippen LogP contribution in [0.15, 0.2) is 29.3 Å². The van der Waals surface area contributed by atoms with Crippen molar-refractivity contribution in [2.24, 2.45) is 16.6 Å². The Kier molecular flexibility index (Phi) is 6.51. The van der Waals surface area contributed by atoms with Gasteiger partial charge in [0.15, 0.2) is 5.96 Å². The number of nitrogens with one attached hydrogen (secondary N) is 1. The van der Waals surface area contributed by atoms with E-state index in [4.69, 9.17) is 5.73 Å². The molecule has 0 bridgehead atoms. The van der Waals surface area contributed by atoms with Crippen molar-refractivity contribution in [3.05, 3.63) is 35.4 Å². The third-order valence-electron chi connectivity index (χ3n) is 4.30. The molecule has 1 aromatic carbocycles. The van der Waals surface area contributed by atoms with Gasteiger partial charge in [-0.3, -0.25) is 0 Å². The molecule has 2 rings (SSSR count). The molecular weight excluding hydrogens is 369 g/mol. The first-order valence-corrected chi connectivity index (χ1v) is 10.1. The van der Waals surface area contributed by atoms with Crippen molar-refractivity contribution in [1.29, 1.82) is 0 Å². The number of nitrogens with two attached hydrogens (primary N) is 1. The van der Waals surface area contributed by atoms with Gasteiger partial charge in [0.2, 0.25) is 10.0 Å². The number of halogens is 3. The Morgan fingerprint density at radius 1 is 1.35 bits per heavy atom. The maximum atomic E-state index is 12.7. The molecule has 1 saturated heterocycles. The lowest BCUT2D eigenvalue weighted by molar-refractivity contribution is -0.137. The summed E-state index contributed by atoms with van der Waals surface area (Å²) in [5, 5.41) is 2.96. The number of alkyl halides is 3. The number of benzene rings is 1. The highest BCUT2D eigenvalue weighted by Gasteiger charge is 2.30. The zero-order valence-corrected chi connectivity index (χ0v) is 15.3. The molecule has 0 radical (unpaired) electrons. The normalized spacial score (nSPS) is 18.1. The van der Waals surface area contributed by atoms with E-state index in [9.17, 15) is 21.6 Å². The molecule has 1 aliphatic rings. The highest BCUT2D eigenvalue weighted by molar-refractivity contribution is 7.88. The summed E-state index contributed by atoms with van der Waals surface area (Å²) < 4.78 is 62.4. The van der Waals surface area contributed by atoms with Crippen molar-refractivity contribution in [3.63, 3.8) is 0 Å². The Hall–Kier alpha value is -1.81. The number of aliphatic imine (C=N–C) groups is 1. The van der Waals surface area contributed by atoms with E-state index in [1.807, 2.05) is 0 Å². The van der Waals surface area contributed by atoms with Gasteiger partial charge >= 0.3 is 6.18 Å². The van der Waals surface area contributed by atoms with Crippen LogP contribution in [0.25, 0.3) is 0 Å². The largest absolute Gasteiger partial charge is 0.416 e. The minimum atomic E-state index is -4.38. The number of nitrogens with zero attached hydrogens (tertiary/aromatic N) is 2. The predicted octanol–water partition coefficient (Wildman–Crippen LogP) is 1.78. The van der Waals surface area contributed by atoms with Crippen molar-refractivity contribution in [1.82, 2.24) is 9.62 Å². The lowest BCUT2D eigenvalue weighted by Gasteiger charge is -2.30. The fourth-order valence-corrected chi connectivity index (χ4v) is 3.65. The van der Waals surface area contributed by atoms with Crippen molar-refractivity contribution < 1.29 is 21.6 Å². The van der Waals surface area contributed by atoms with E-state index >= 15 is 0 Å². The van der Waals surface area contributed by atoms with Crippen LogP contribution in [0.2, 0.25) is 0 Å². The maximum absolute atomic E-state index is 12.7. The van der Waals surface area contributed by atoms with E-state index in [0.29, 0.717) is 25.2 Å². The van der Waals surface area contributed by atoms with E-state index in [-0.39, 0.29) is 18.4 Å². The summed E-state index contributed by atoms with van der Waals surface area (Å²) >= 11 is 0. The van der Waals surface area contributed by atoms with Crippen LogP contribution < -0.4 is 11.1 Å². The third kappa shape index (κ3) is 6.17. The Bertz CT molecular complexity index is 742. The molecule has 1 heterocycles. The van der Waals surface area contributed by atoms with Crippen LogP contribution in [-0.2, 0) is 22.7 Å². The van der Waals surface area contributed by atoms with E-state index in [2.05, 4.69) is 10.3 Å². The predicted molar refractivity (Wildman–Crippen MR) is 93.9 cm³/mol. The Morgan fingerprint density at radius 2 is 2.00 bits per heavy atom. The van der Waals surface area contributed by atoms with Crippen LogP contribution in [0.4, 0.5) is 13.2 Å². The number of guanidine groups is 1. The second-order valence-electron chi connectivity index (χ2n) is 6.39. The van der Waals surface area contributed by atoms with Crippen molar-refractivity contribution >= 4 is 16.0 Å². The standard InChI is InChI=1S/C16H23F3N4O2S/c1-26(24,25)23-7-5-12(6-8-23)10-21-15(20)22-11-13-3-2-4-14(9-13)16(17,18)19/h2-4,9,12H,5-8,10-11H2,1H3,(H3,20,21,22). The molecule has 0 aromatic heterocycles. The van der Waals surface area contributed by atoms with Gasteiger partial charge < -0.3 is 11.1 Å². The summed E-state index contributed by atoms with van der Waals surface area (Å²) in [4.78, 5) is 4.07. The van der Waals surface area contributed by atoms with Crippen molar-refractivity contribution in [2.75, 3.05) is 25.9 Å². The summed E-state index contributed by atoms with van der Waals surface area (Å²) in [5.41, 5.74) is 5.48. The second kappa shape index (κ2) is 8.26. The topological polar surface area (TPSA) is 87.8 Å². The summed E-state index contributed by atoms with van der Waals surface area (Å²) in [5.74, 6) is 0.434. The molecule has 10 heteroatoms. The van der Waals surface area contributed by atoms with E-state index < -0.39 is 21.8 Å². The molecule has 3 N–H and O–H groups in total. The second-order valence-corrected chi connectivity index (χ2v) is 8.37. The Labute approximate surface area is 151 Å².